The van der Waals surface area contributed by atoms with Crippen molar-refractivity contribution in [1.82, 2.24) is 4.31 Å². The van der Waals surface area contributed by atoms with Gasteiger partial charge in [0.2, 0.25) is 15.9 Å². The summed E-state index contributed by atoms with van der Waals surface area (Å²) in [6, 6.07) is 16.4. The molecule has 5 nitrogen and oxygen atoms in total. The van der Waals surface area contributed by atoms with Gasteiger partial charge >= 0.3 is 0 Å². The van der Waals surface area contributed by atoms with Crippen LogP contribution in [0.1, 0.15) is 31.6 Å². The van der Waals surface area contributed by atoms with Crippen molar-refractivity contribution in [2.24, 2.45) is 0 Å². The number of nitrogens with zero attached hydrogens (tertiary/aromatic N) is 1. The molecule has 0 saturated heterocycles. The average molecular weight is 407 g/mol. The van der Waals surface area contributed by atoms with Crippen LogP contribution in [0.15, 0.2) is 59.5 Å². The molecule has 0 aliphatic rings. The minimum absolute atomic E-state index is 0.153. The highest BCUT2D eigenvalue weighted by Gasteiger charge is 2.21. The van der Waals surface area contributed by atoms with E-state index in [0.29, 0.717) is 24.5 Å². The molecule has 0 aromatic heterocycles. The summed E-state index contributed by atoms with van der Waals surface area (Å²) in [5, 5.41) is 2.99. The van der Waals surface area contributed by atoms with E-state index in [1.807, 2.05) is 30.3 Å². The molecule has 2 aromatic carbocycles. The summed E-state index contributed by atoms with van der Waals surface area (Å²) in [5.74, 6) is 0.142. The molecule has 1 amide bonds. The molecule has 1 atom stereocenters. The van der Waals surface area contributed by atoms with Gasteiger partial charge in [-0.15, -0.1) is 11.8 Å². The average Bonchev–Trinajstić information content (AvgIpc) is 2.67. The van der Waals surface area contributed by atoms with Crippen LogP contribution in [0.4, 0.5) is 5.69 Å². The fourth-order valence-corrected chi connectivity index (χ4v) is 4.99. The van der Waals surface area contributed by atoms with Crippen LogP contribution in [0.25, 0.3) is 0 Å². The maximum Gasteiger partial charge on any atom is 0.243 e. The van der Waals surface area contributed by atoms with Crippen LogP contribution in [-0.4, -0.2) is 37.5 Å². The fraction of sp³-hybridized carbons (Fsp3) is 0.350. The zero-order valence-corrected chi connectivity index (χ0v) is 17.5. The molecule has 0 aliphatic heterocycles. The lowest BCUT2D eigenvalue weighted by Crippen LogP contribution is -2.30. The predicted molar refractivity (Wildman–Crippen MR) is 112 cm³/mol. The Balaban J connectivity index is 2.00. The molecule has 7 heteroatoms. The molecule has 27 heavy (non-hydrogen) atoms. The number of rotatable bonds is 9. The Labute approximate surface area is 166 Å². The first-order valence-electron chi connectivity index (χ1n) is 8.95. The van der Waals surface area contributed by atoms with Crippen LogP contribution in [-0.2, 0) is 14.8 Å². The quantitative estimate of drug-likeness (QED) is 0.679. The Morgan fingerprint density at radius 3 is 2.37 bits per heavy atom. The Morgan fingerprint density at radius 2 is 1.74 bits per heavy atom. The number of hydrogen-bond acceptors (Lipinski definition) is 4. The second-order valence-corrected chi connectivity index (χ2v) is 9.30. The number of carbonyl (C=O) groups excluding carboxylic acids is 1. The van der Waals surface area contributed by atoms with Gasteiger partial charge in [-0.25, -0.2) is 8.42 Å². The van der Waals surface area contributed by atoms with Crippen LogP contribution in [0.5, 0.6) is 0 Å². The molecule has 0 unspecified atom stereocenters. The molecule has 0 bridgehead atoms. The van der Waals surface area contributed by atoms with Crippen LogP contribution in [0.3, 0.4) is 0 Å². The van der Waals surface area contributed by atoms with Crippen LogP contribution in [0.2, 0.25) is 0 Å². The Morgan fingerprint density at radius 1 is 1.07 bits per heavy atom. The molecule has 0 spiro atoms. The van der Waals surface area contributed by atoms with Gasteiger partial charge in [0.05, 0.1) is 10.6 Å². The summed E-state index contributed by atoms with van der Waals surface area (Å²) in [4.78, 5) is 12.5. The highest BCUT2D eigenvalue weighted by molar-refractivity contribution is 8.00. The van der Waals surface area contributed by atoms with E-state index in [0.717, 1.165) is 0 Å². The molecule has 0 radical (unpaired) electrons. The molecular formula is C20H26N2O3S2. The summed E-state index contributed by atoms with van der Waals surface area (Å²) in [6.07, 6.45) is 0. The third-order valence-corrected chi connectivity index (χ3v) is 7.44. The number of amides is 1. The van der Waals surface area contributed by atoms with Crippen molar-refractivity contribution in [3.05, 3.63) is 60.2 Å². The van der Waals surface area contributed by atoms with E-state index in [4.69, 9.17) is 0 Å². The number of sulfonamides is 1. The van der Waals surface area contributed by atoms with Gasteiger partial charge in [0.25, 0.3) is 0 Å². The minimum atomic E-state index is -3.54. The van der Waals surface area contributed by atoms with Crippen LogP contribution >= 0.6 is 11.8 Å². The van der Waals surface area contributed by atoms with Gasteiger partial charge in [0, 0.05) is 24.0 Å². The maximum atomic E-state index is 12.6. The summed E-state index contributed by atoms with van der Waals surface area (Å²) >= 11 is 1.54. The zero-order chi connectivity index (χ0) is 19.9. The van der Waals surface area contributed by atoms with Crippen molar-refractivity contribution < 1.29 is 13.2 Å². The smallest absolute Gasteiger partial charge is 0.243 e. The number of hydrogen-bond donors (Lipinski definition) is 1. The van der Waals surface area contributed by atoms with Crippen molar-refractivity contribution in [2.75, 3.05) is 24.2 Å². The van der Waals surface area contributed by atoms with Gasteiger partial charge < -0.3 is 5.32 Å². The van der Waals surface area contributed by atoms with E-state index in [1.54, 1.807) is 43.8 Å². The van der Waals surface area contributed by atoms with Crippen molar-refractivity contribution in [2.45, 2.75) is 30.9 Å². The number of nitrogens with one attached hydrogen (secondary N) is 1. The maximum absolute atomic E-state index is 12.6. The molecule has 2 aromatic rings. The van der Waals surface area contributed by atoms with Gasteiger partial charge in [-0.3, -0.25) is 4.79 Å². The minimum Gasteiger partial charge on any atom is -0.325 e. The molecular weight excluding hydrogens is 380 g/mol. The number of benzene rings is 2. The van der Waals surface area contributed by atoms with E-state index < -0.39 is 10.0 Å². The Hall–Kier alpha value is -1.83. The molecule has 146 valence electrons. The normalized spacial score (nSPS) is 12.7. The second-order valence-electron chi connectivity index (χ2n) is 6.03. The Kier molecular flexibility index (Phi) is 7.89. The summed E-state index contributed by atoms with van der Waals surface area (Å²) < 4.78 is 26.6. The molecule has 0 aliphatic carbocycles. The largest absolute Gasteiger partial charge is 0.325 e. The predicted octanol–water partition coefficient (Wildman–Crippen LogP) is 4.15. The van der Waals surface area contributed by atoms with E-state index in [1.165, 1.54) is 15.9 Å². The van der Waals surface area contributed by atoms with Crippen LogP contribution in [0, 0.1) is 0 Å². The standard InChI is InChI=1S/C20H26N2O3S2/c1-4-22(5-2)27(24,25)19-13-9-12-18(14-19)21-20(23)15-26-16(3)17-10-7-6-8-11-17/h6-14,16H,4-5,15H2,1-3H3,(H,21,23)/t16-/m0/s1. The fourth-order valence-electron chi connectivity index (χ4n) is 2.66. The van der Waals surface area contributed by atoms with Crippen LogP contribution < -0.4 is 5.32 Å². The van der Waals surface area contributed by atoms with E-state index >= 15 is 0 Å². The van der Waals surface area contributed by atoms with Crippen molar-refractivity contribution in [3.63, 3.8) is 0 Å². The summed E-state index contributed by atoms with van der Waals surface area (Å²) in [6.45, 7) is 6.48. The highest BCUT2D eigenvalue weighted by atomic mass is 32.2. The first-order chi connectivity index (χ1) is 12.9. The second kappa shape index (κ2) is 9.92. The number of anilines is 1. The molecule has 1 N–H and O–H groups in total. The third-order valence-electron chi connectivity index (χ3n) is 4.19. The monoisotopic (exact) mass is 406 g/mol. The van der Waals surface area contributed by atoms with Crippen molar-refractivity contribution in [3.8, 4) is 0 Å². The number of thioether (sulfide) groups is 1. The lowest BCUT2D eigenvalue weighted by atomic mass is 10.2. The lowest BCUT2D eigenvalue weighted by Gasteiger charge is -2.19. The first-order valence-corrected chi connectivity index (χ1v) is 11.4. The topological polar surface area (TPSA) is 66.5 Å². The van der Waals surface area contributed by atoms with E-state index in [9.17, 15) is 13.2 Å². The zero-order valence-electron chi connectivity index (χ0n) is 15.9. The van der Waals surface area contributed by atoms with E-state index in [-0.39, 0.29) is 16.1 Å². The van der Waals surface area contributed by atoms with Gasteiger partial charge in [-0.05, 0) is 30.7 Å². The van der Waals surface area contributed by atoms with Gasteiger partial charge in [-0.1, -0.05) is 50.2 Å². The van der Waals surface area contributed by atoms with Gasteiger partial charge in [0.1, 0.15) is 0 Å². The summed E-state index contributed by atoms with van der Waals surface area (Å²) in [5.41, 5.74) is 1.66. The van der Waals surface area contributed by atoms with Crippen molar-refractivity contribution in [1.29, 1.82) is 0 Å². The number of carbonyl (C=O) groups is 1. The SMILES string of the molecule is CCN(CC)S(=O)(=O)c1cccc(NC(=O)CS[C@@H](C)c2ccccc2)c1. The Bertz CT molecular complexity index is 851. The lowest BCUT2D eigenvalue weighted by molar-refractivity contribution is -0.113. The van der Waals surface area contributed by atoms with Gasteiger partial charge in [-0.2, -0.15) is 4.31 Å². The van der Waals surface area contributed by atoms with E-state index in [2.05, 4.69) is 12.2 Å². The molecule has 0 fully saturated rings. The highest BCUT2D eigenvalue weighted by Crippen LogP contribution is 2.28. The van der Waals surface area contributed by atoms with Gasteiger partial charge in [0.15, 0.2) is 0 Å². The molecule has 0 heterocycles. The molecule has 0 saturated carbocycles. The summed E-state index contributed by atoms with van der Waals surface area (Å²) in [7, 11) is -3.54. The third kappa shape index (κ3) is 5.82. The molecule has 2 rings (SSSR count). The first kappa shape index (κ1) is 21.5. The van der Waals surface area contributed by atoms with Crippen molar-refractivity contribution >= 4 is 33.4 Å².